The van der Waals surface area contributed by atoms with E-state index in [4.69, 9.17) is 19.7 Å². The molecule has 0 aromatic heterocycles. The van der Waals surface area contributed by atoms with Gasteiger partial charge in [-0.1, -0.05) is 6.07 Å². The first-order valence-corrected chi connectivity index (χ1v) is 6.09. The van der Waals surface area contributed by atoms with Crippen molar-refractivity contribution in [3.05, 3.63) is 23.8 Å². The molecule has 0 aliphatic rings. The molecule has 1 unspecified atom stereocenters. The molecule has 4 N–H and O–H groups in total. The molecule has 0 aliphatic heterocycles. The van der Waals surface area contributed by atoms with Crippen LogP contribution in [-0.2, 0) is 9.59 Å². The van der Waals surface area contributed by atoms with Crippen LogP contribution in [0.4, 0.5) is 0 Å². The lowest BCUT2D eigenvalue weighted by Crippen LogP contribution is -2.17. The Balaban J connectivity index is 2.94. The first-order chi connectivity index (χ1) is 9.93. The fourth-order valence-corrected chi connectivity index (χ4v) is 1.55. The zero-order valence-electron chi connectivity index (χ0n) is 11.4. The van der Waals surface area contributed by atoms with Crippen molar-refractivity contribution in [2.24, 2.45) is 0 Å². The van der Waals surface area contributed by atoms with Gasteiger partial charge in [0.25, 0.3) is 0 Å². The molecule has 0 amide bonds. The zero-order chi connectivity index (χ0) is 15.8. The quantitative estimate of drug-likeness (QED) is 0.497. The van der Waals surface area contributed by atoms with Gasteiger partial charge in [0, 0.05) is 6.54 Å². The number of aliphatic hydroxyl groups excluding tert-OH is 1. The van der Waals surface area contributed by atoms with Gasteiger partial charge in [0.1, 0.15) is 0 Å². The third-order valence-corrected chi connectivity index (χ3v) is 2.45. The third-order valence-electron chi connectivity index (χ3n) is 2.45. The Kier molecular flexibility index (Phi) is 6.44. The molecule has 8 nitrogen and oxygen atoms in total. The van der Waals surface area contributed by atoms with Crippen molar-refractivity contribution in [1.82, 2.24) is 5.32 Å². The molecule has 0 bridgehead atoms. The number of ether oxygens (including phenoxy) is 2. The van der Waals surface area contributed by atoms with Gasteiger partial charge in [0.2, 0.25) is 0 Å². The van der Waals surface area contributed by atoms with Crippen molar-refractivity contribution < 1.29 is 34.4 Å². The predicted octanol–water partition coefficient (Wildman–Crippen LogP) is -0.134. The maximum absolute atomic E-state index is 10.6. The Morgan fingerprint density at radius 3 is 2.24 bits per heavy atom. The number of aliphatic hydroxyl groups is 1. The summed E-state index contributed by atoms with van der Waals surface area (Å²) < 4.78 is 10.1. The van der Waals surface area contributed by atoms with E-state index in [1.165, 1.54) is 12.1 Å². The van der Waals surface area contributed by atoms with Crippen LogP contribution in [0.15, 0.2) is 18.2 Å². The first-order valence-electron chi connectivity index (χ1n) is 6.09. The van der Waals surface area contributed by atoms with Crippen LogP contribution in [0.1, 0.15) is 11.7 Å². The minimum absolute atomic E-state index is 0.0614. The maximum Gasteiger partial charge on any atom is 0.341 e. The fraction of sp³-hybridized carbons (Fsp3) is 0.385. The number of carboxylic acid groups (broad SMARTS) is 2. The van der Waals surface area contributed by atoms with E-state index in [-0.39, 0.29) is 11.5 Å². The summed E-state index contributed by atoms with van der Waals surface area (Å²) in [5, 5.41) is 29.9. The van der Waals surface area contributed by atoms with Crippen LogP contribution in [0.25, 0.3) is 0 Å². The van der Waals surface area contributed by atoms with Gasteiger partial charge in [-0.2, -0.15) is 0 Å². The molecular formula is C13H17NO7. The summed E-state index contributed by atoms with van der Waals surface area (Å²) >= 11 is 0. The number of rotatable bonds is 9. The highest BCUT2D eigenvalue weighted by molar-refractivity contribution is 5.69. The maximum atomic E-state index is 10.6. The van der Waals surface area contributed by atoms with Gasteiger partial charge in [-0.25, -0.2) is 9.59 Å². The Labute approximate surface area is 120 Å². The number of likely N-dealkylation sites (N-methyl/N-ethyl adjacent to an activating group) is 1. The van der Waals surface area contributed by atoms with Crippen molar-refractivity contribution in [3.8, 4) is 11.5 Å². The van der Waals surface area contributed by atoms with E-state index in [2.05, 4.69) is 5.32 Å². The molecule has 116 valence electrons. The largest absolute Gasteiger partial charge is 0.479 e. The normalized spacial score (nSPS) is 11.7. The van der Waals surface area contributed by atoms with Gasteiger partial charge in [-0.15, -0.1) is 0 Å². The second-order valence-corrected chi connectivity index (χ2v) is 4.14. The lowest BCUT2D eigenvalue weighted by Gasteiger charge is -2.15. The minimum atomic E-state index is -1.18. The molecular weight excluding hydrogens is 282 g/mol. The van der Waals surface area contributed by atoms with Crippen molar-refractivity contribution >= 4 is 11.9 Å². The SMILES string of the molecule is CNCC(O)c1ccc(OCC(=O)O)c(OCC(=O)O)c1. The average Bonchev–Trinajstić information content (AvgIpc) is 2.43. The molecule has 0 fully saturated rings. The van der Waals surface area contributed by atoms with Gasteiger partial charge < -0.3 is 30.1 Å². The summed E-state index contributed by atoms with van der Waals surface area (Å²) in [4.78, 5) is 21.1. The van der Waals surface area contributed by atoms with Crippen LogP contribution in [0, 0.1) is 0 Å². The lowest BCUT2D eigenvalue weighted by atomic mass is 10.1. The van der Waals surface area contributed by atoms with Crippen LogP contribution in [0.2, 0.25) is 0 Å². The Bertz CT molecular complexity index is 503. The smallest absolute Gasteiger partial charge is 0.341 e. The van der Waals surface area contributed by atoms with Crippen molar-refractivity contribution in [3.63, 3.8) is 0 Å². The Morgan fingerprint density at radius 2 is 1.71 bits per heavy atom. The molecule has 0 saturated heterocycles. The molecule has 8 heteroatoms. The number of nitrogens with one attached hydrogen (secondary N) is 1. The number of benzene rings is 1. The highest BCUT2D eigenvalue weighted by Crippen LogP contribution is 2.30. The van der Waals surface area contributed by atoms with Gasteiger partial charge in [0.15, 0.2) is 24.7 Å². The number of carboxylic acids is 2. The summed E-state index contributed by atoms with van der Waals surface area (Å²) in [6, 6.07) is 4.39. The van der Waals surface area contributed by atoms with E-state index in [1.54, 1.807) is 13.1 Å². The van der Waals surface area contributed by atoms with E-state index in [0.29, 0.717) is 12.1 Å². The minimum Gasteiger partial charge on any atom is -0.479 e. The van der Waals surface area contributed by atoms with Crippen molar-refractivity contribution in [2.75, 3.05) is 26.8 Å². The molecule has 21 heavy (non-hydrogen) atoms. The number of hydrogen-bond donors (Lipinski definition) is 4. The molecule has 1 aromatic rings. The van der Waals surface area contributed by atoms with Crippen LogP contribution in [-0.4, -0.2) is 54.1 Å². The summed E-state index contributed by atoms with van der Waals surface area (Å²) in [6.07, 6.45) is -0.810. The van der Waals surface area contributed by atoms with Crippen LogP contribution < -0.4 is 14.8 Å². The molecule has 0 saturated carbocycles. The van der Waals surface area contributed by atoms with Crippen molar-refractivity contribution in [2.45, 2.75) is 6.10 Å². The number of carbonyl (C=O) groups is 2. The second-order valence-electron chi connectivity index (χ2n) is 4.14. The fourth-order valence-electron chi connectivity index (χ4n) is 1.55. The molecule has 0 spiro atoms. The van der Waals surface area contributed by atoms with E-state index in [9.17, 15) is 14.7 Å². The highest BCUT2D eigenvalue weighted by Gasteiger charge is 2.14. The van der Waals surface area contributed by atoms with Crippen molar-refractivity contribution in [1.29, 1.82) is 0 Å². The molecule has 1 rings (SSSR count). The summed E-state index contributed by atoms with van der Waals surface area (Å²) in [6.45, 7) is -0.884. The molecule has 0 aliphatic carbocycles. The zero-order valence-corrected chi connectivity index (χ0v) is 11.4. The Morgan fingerprint density at radius 1 is 1.14 bits per heavy atom. The van der Waals surface area contributed by atoms with Gasteiger partial charge in [0.05, 0.1) is 6.10 Å². The van der Waals surface area contributed by atoms with E-state index in [1.807, 2.05) is 0 Å². The van der Waals surface area contributed by atoms with Crippen LogP contribution in [0.3, 0.4) is 0 Å². The molecule has 0 heterocycles. The van der Waals surface area contributed by atoms with Gasteiger partial charge in [-0.05, 0) is 24.7 Å². The third kappa shape index (κ3) is 5.67. The summed E-state index contributed by atoms with van der Waals surface area (Å²) in [5.74, 6) is -2.19. The molecule has 0 radical (unpaired) electrons. The standard InChI is InChI=1S/C13H17NO7/c1-14-5-9(15)8-2-3-10(20-6-12(16)17)11(4-8)21-7-13(18)19/h2-4,9,14-15H,5-7H2,1H3,(H,16,17)(H,18,19). The summed E-state index contributed by atoms with van der Waals surface area (Å²) in [7, 11) is 1.68. The second kappa shape index (κ2) is 8.08. The lowest BCUT2D eigenvalue weighted by molar-refractivity contribution is -0.140. The topological polar surface area (TPSA) is 125 Å². The number of hydrogen-bond acceptors (Lipinski definition) is 6. The average molecular weight is 299 g/mol. The van der Waals surface area contributed by atoms with Crippen LogP contribution in [0.5, 0.6) is 11.5 Å². The Hall–Kier alpha value is -2.32. The first kappa shape index (κ1) is 16.7. The number of aliphatic carboxylic acids is 2. The van der Waals surface area contributed by atoms with Gasteiger partial charge >= 0.3 is 11.9 Å². The van der Waals surface area contributed by atoms with E-state index >= 15 is 0 Å². The highest BCUT2D eigenvalue weighted by atomic mass is 16.5. The van der Waals surface area contributed by atoms with Crippen LogP contribution >= 0.6 is 0 Å². The molecule has 1 atom stereocenters. The summed E-state index contributed by atoms with van der Waals surface area (Å²) in [5.41, 5.74) is 0.493. The predicted molar refractivity (Wildman–Crippen MR) is 71.6 cm³/mol. The van der Waals surface area contributed by atoms with E-state index in [0.717, 1.165) is 0 Å². The van der Waals surface area contributed by atoms with E-state index < -0.39 is 31.3 Å². The molecule has 1 aromatic carbocycles. The monoisotopic (exact) mass is 299 g/mol. The van der Waals surface area contributed by atoms with Gasteiger partial charge in [-0.3, -0.25) is 0 Å².